The fourth-order valence-corrected chi connectivity index (χ4v) is 2.79. The second kappa shape index (κ2) is 8.01. The molecule has 0 spiro atoms. The topological polar surface area (TPSA) is 78.4 Å². The van der Waals surface area contributed by atoms with Crippen LogP contribution in [0.2, 0.25) is 0 Å². The number of nitrogens with one attached hydrogen (secondary N) is 1. The second-order valence-electron chi connectivity index (χ2n) is 6.00. The number of aromatic nitrogens is 2. The van der Waals surface area contributed by atoms with Gasteiger partial charge in [0.05, 0.1) is 30.2 Å². The number of hydrogen-bond acceptors (Lipinski definition) is 5. The highest BCUT2D eigenvalue weighted by molar-refractivity contribution is 5.79. The lowest BCUT2D eigenvalue weighted by molar-refractivity contribution is -0.131. The van der Waals surface area contributed by atoms with Gasteiger partial charge in [0, 0.05) is 33.3 Å². The van der Waals surface area contributed by atoms with Gasteiger partial charge in [0.2, 0.25) is 11.8 Å². The largest absolute Gasteiger partial charge is 0.349 e. The molecule has 2 heterocycles. The van der Waals surface area contributed by atoms with Crippen LogP contribution in [0.3, 0.4) is 0 Å². The van der Waals surface area contributed by atoms with Gasteiger partial charge in [-0.3, -0.25) is 19.6 Å². The van der Waals surface area contributed by atoms with Gasteiger partial charge in [0.25, 0.3) is 0 Å². The van der Waals surface area contributed by atoms with Crippen LogP contribution in [0.1, 0.15) is 36.7 Å². The highest BCUT2D eigenvalue weighted by atomic mass is 16.2. The molecule has 0 bridgehead atoms. The number of carbonyl (C=O) groups is 2. The van der Waals surface area contributed by atoms with Crippen LogP contribution < -0.4 is 5.32 Å². The minimum atomic E-state index is -0.00662. The van der Waals surface area contributed by atoms with E-state index in [1.165, 1.54) is 0 Å². The van der Waals surface area contributed by atoms with Gasteiger partial charge >= 0.3 is 0 Å². The first kappa shape index (κ1) is 17.3. The molecule has 0 saturated carbocycles. The zero-order valence-corrected chi connectivity index (χ0v) is 14.1. The Morgan fingerprint density at radius 1 is 1.39 bits per heavy atom. The molecule has 23 heavy (non-hydrogen) atoms. The molecule has 1 aliphatic rings. The van der Waals surface area contributed by atoms with Crippen molar-refractivity contribution in [3.8, 4) is 0 Å². The van der Waals surface area contributed by atoms with E-state index in [1.807, 2.05) is 4.90 Å². The van der Waals surface area contributed by atoms with Crippen molar-refractivity contribution in [1.29, 1.82) is 0 Å². The quantitative estimate of drug-likeness (QED) is 0.820. The first-order valence-electron chi connectivity index (χ1n) is 7.98. The third kappa shape index (κ3) is 4.48. The number of hydrogen-bond donors (Lipinski definition) is 1. The van der Waals surface area contributed by atoms with Gasteiger partial charge in [-0.05, 0) is 26.3 Å². The van der Waals surface area contributed by atoms with Crippen LogP contribution in [-0.2, 0) is 16.0 Å². The summed E-state index contributed by atoms with van der Waals surface area (Å²) in [5.41, 5.74) is 1.62. The van der Waals surface area contributed by atoms with Crippen molar-refractivity contribution in [1.82, 2.24) is 25.1 Å². The van der Waals surface area contributed by atoms with E-state index in [2.05, 4.69) is 15.3 Å². The fourth-order valence-electron chi connectivity index (χ4n) is 2.79. The number of carbonyl (C=O) groups excluding carboxylic acids is 2. The van der Waals surface area contributed by atoms with E-state index in [0.717, 1.165) is 30.8 Å². The van der Waals surface area contributed by atoms with Crippen LogP contribution in [0.25, 0.3) is 0 Å². The Labute approximate surface area is 137 Å². The van der Waals surface area contributed by atoms with Gasteiger partial charge in [0.15, 0.2) is 0 Å². The van der Waals surface area contributed by atoms with E-state index >= 15 is 0 Å². The van der Waals surface area contributed by atoms with Crippen molar-refractivity contribution >= 4 is 11.8 Å². The van der Waals surface area contributed by atoms with Crippen LogP contribution in [-0.4, -0.2) is 65.8 Å². The summed E-state index contributed by atoms with van der Waals surface area (Å²) in [5.74, 6) is 0.161. The summed E-state index contributed by atoms with van der Waals surface area (Å²) >= 11 is 0. The molecular weight excluding hydrogens is 294 g/mol. The molecule has 1 aromatic heterocycles. The van der Waals surface area contributed by atoms with Crippen LogP contribution in [0.15, 0.2) is 12.4 Å². The van der Waals surface area contributed by atoms with Gasteiger partial charge in [-0.1, -0.05) is 0 Å². The SMILES string of the molecule is CNCC(=O)N1CCC[C@@H]1c1cncc(CCC(=O)N(C)C)n1. The lowest BCUT2D eigenvalue weighted by Gasteiger charge is -2.24. The summed E-state index contributed by atoms with van der Waals surface area (Å²) in [6, 6.07) is -0.00662. The van der Waals surface area contributed by atoms with Gasteiger partial charge < -0.3 is 15.1 Å². The van der Waals surface area contributed by atoms with E-state index in [-0.39, 0.29) is 17.9 Å². The Morgan fingerprint density at radius 2 is 2.17 bits per heavy atom. The predicted molar refractivity (Wildman–Crippen MR) is 86.7 cm³/mol. The Kier molecular flexibility index (Phi) is 6.04. The zero-order valence-electron chi connectivity index (χ0n) is 14.1. The number of aryl methyl sites for hydroxylation is 1. The van der Waals surface area contributed by atoms with Crippen molar-refractivity contribution in [3.63, 3.8) is 0 Å². The number of likely N-dealkylation sites (tertiary alicyclic amines) is 1. The monoisotopic (exact) mass is 319 g/mol. The Balaban J connectivity index is 2.06. The highest BCUT2D eigenvalue weighted by Gasteiger charge is 2.30. The Morgan fingerprint density at radius 3 is 2.87 bits per heavy atom. The molecule has 0 aliphatic carbocycles. The number of nitrogens with zero attached hydrogens (tertiary/aromatic N) is 4. The maximum Gasteiger partial charge on any atom is 0.237 e. The minimum Gasteiger partial charge on any atom is -0.349 e. The molecule has 126 valence electrons. The molecule has 2 rings (SSSR count). The Hall–Kier alpha value is -2.02. The summed E-state index contributed by atoms with van der Waals surface area (Å²) < 4.78 is 0. The van der Waals surface area contributed by atoms with Gasteiger partial charge in [-0.15, -0.1) is 0 Å². The summed E-state index contributed by atoms with van der Waals surface area (Å²) in [7, 11) is 5.26. The first-order valence-corrected chi connectivity index (χ1v) is 7.98. The smallest absolute Gasteiger partial charge is 0.237 e. The third-order valence-electron chi connectivity index (χ3n) is 4.04. The standard InChI is InChI=1S/C16H25N5O2/c1-17-11-16(23)21-8-4-5-14(21)13-10-18-9-12(19-13)6-7-15(22)20(2)3/h9-10,14,17H,4-8,11H2,1-3H3/t14-/m1/s1. The van der Waals surface area contributed by atoms with Crippen molar-refractivity contribution < 1.29 is 9.59 Å². The van der Waals surface area contributed by atoms with Gasteiger partial charge in [-0.25, -0.2) is 0 Å². The molecule has 0 aromatic carbocycles. The van der Waals surface area contributed by atoms with Crippen LogP contribution in [0.5, 0.6) is 0 Å². The molecule has 2 amide bonds. The highest BCUT2D eigenvalue weighted by Crippen LogP contribution is 2.30. The first-order chi connectivity index (χ1) is 11.0. The minimum absolute atomic E-state index is 0.00662. The van der Waals surface area contributed by atoms with Crippen molar-refractivity contribution in [2.24, 2.45) is 0 Å². The number of rotatable bonds is 6. The number of amides is 2. The lowest BCUT2D eigenvalue weighted by Crippen LogP contribution is -2.37. The predicted octanol–water partition coefficient (Wildman–Crippen LogP) is 0.380. The molecule has 1 atom stereocenters. The molecular formula is C16H25N5O2. The summed E-state index contributed by atoms with van der Waals surface area (Å²) in [4.78, 5) is 36.2. The van der Waals surface area contributed by atoms with Crippen LogP contribution in [0.4, 0.5) is 0 Å². The Bertz CT molecular complexity index is 561. The van der Waals surface area contributed by atoms with Crippen molar-refractivity contribution in [3.05, 3.63) is 23.8 Å². The molecule has 7 nitrogen and oxygen atoms in total. The van der Waals surface area contributed by atoms with Gasteiger partial charge in [0.1, 0.15) is 0 Å². The van der Waals surface area contributed by atoms with Crippen LogP contribution >= 0.6 is 0 Å². The van der Waals surface area contributed by atoms with Crippen molar-refractivity contribution in [2.75, 3.05) is 34.2 Å². The summed E-state index contributed by atoms with van der Waals surface area (Å²) in [6.07, 6.45) is 6.29. The van der Waals surface area contributed by atoms with E-state index in [9.17, 15) is 9.59 Å². The molecule has 0 unspecified atom stereocenters. The molecule has 1 saturated heterocycles. The molecule has 1 fully saturated rings. The maximum absolute atomic E-state index is 12.2. The summed E-state index contributed by atoms with van der Waals surface area (Å²) in [5, 5.41) is 2.90. The number of likely N-dealkylation sites (N-methyl/N-ethyl adjacent to an activating group) is 1. The molecule has 1 aromatic rings. The fraction of sp³-hybridized carbons (Fsp3) is 0.625. The van der Waals surface area contributed by atoms with Crippen molar-refractivity contribution in [2.45, 2.75) is 31.7 Å². The van der Waals surface area contributed by atoms with E-state index in [0.29, 0.717) is 19.4 Å². The molecule has 1 aliphatic heterocycles. The van der Waals surface area contributed by atoms with E-state index in [4.69, 9.17) is 0 Å². The molecule has 7 heteroatoms. The molecule has 1 N–H and O–H groups in total. The van der Waals surface area contributed by atoms with E-state index < -0.39 is 0 Å². The normalized spacial score (nSPS) is 17.3. The average Bonchev–Trinajstić information content (AvgIpc) is 3.02. The van der Waals surface area contributed by atoms with Gasteiger partial charge in [-0.2, -0.15) is 0 Å². The molecule has 0 radical (unpaired) electrons. The maximum atomic E-state index is 12.2. The second-order valence-corrected chi connectivity index (χ2v) is 6.00. The van der Waals surface area contributed by atoms with E-state index in [1.54, 1.807) is 38.4 Å². The zero-order chi connectivity index (χ0) is 16.8. The lowest BCUT2D eigenvalue weighted by atomic mass is 10.1. The summed E-state index contributed by atoms with van der Waals surface area (Å²) in [6.45, 7) is 1.09. The third-order valence-corrected chi connectivity index (χ3v) is 4.04. The average molecular weight is 319 g/mol. The van der Waals surface area contributed by atoms with Crippen LogP contribution in [0, 0.1) is 0 Å².